The number of nitrogens with zero attached hydrogens (tertiary/aromatic N) is 1. The molecule has 6 nitrogen and oxygen atoms in total. The standard InChI is InChI=1S/C10H20N4O2/c11-8(10(13)16)5-14(6-9(12)15)7-3-1-2-4-7/h7-8H,1-6,11H2,(H2,12,15)(H2,13,16). The van der Waals surface area contributed by atoms with Crippen LogP contribution in [0.25, 0.3) is 0 Å². The molecule has 0 aromatic heterocycles. The number of amides is 2. The molecule has 1 atom stereocenters. The Morgan fingerprint density at radius 2 is 1.81 bits per heavy atom. The topological polar surface area (TPSA) is 115 Å². The van der Waals surface area contributed by atoms with Crippen molar-refractivity contribution in [2.75, 3.05) is 13.1 Å². The summed E-state index contributed by atoms with van der Waals surface area (Å²) in [5.41, 5.74) is 15.9. The molecule has 0 aromatic carbocycles. The Kier molecular flexibility index (Phi) is 4.70. The first-order chi connectivity index (χ1) is 7.50. The Bertz CT molecular complexity index is 264. The van der Waals surface area contributed by atoms with Crippen molar-refractivity contribution in [3.05, 3.63) is 0 Å². The van der Waals surface area contributed by atoms with Gasteiger partial charge in [0.1, 0.15) is 0 Å². The van der Waals surface area contributed by atoms with Gasteiger partial charge in [-0.2, -0.15) is 0 Å². The minimum absolute atomic E-state index is 0.144. The molecule has 1 fully saturated rings. The zero-order valence-electron chi connectivity index (χ0n) is 9.39. The predicted molar refractivity (Wildman–Crippen MR) is 60.2 cm³/mol. The summed E-state index contributed by atoms with van der Waals surface area (Å²) in [6.07, 6.45) is 4.34. The summed E-state index contributed by atoms with van der Waals surface area (Å²) in [6, 6.07) is -0.433. The van der Waals surface area contributed by atoms with E-state index in [0.717, 1.165) is 25.7 Å². The highest BCUT2D eigenvalue weighted by Crippen LogP contribution is 2.23. The Hall–Kier alpha value is -1.14. The second-order valence-corrected chi connectivity index (χ2v) is 4.34. The highest BCUT2D eigenvalue weighted by molar-refractivity contribution is 5.80. The van der Waals surface area contributed by atoms with Gasteiger partial charge in [-0.15, -0.1) is 0 Å². The monoisotopic (exact) mass is 228 g/mol. The van der Waals surface area contributed by atoms with Gasteiger partial charge in [-0.25, -0.2) is 0 Å². The van der Waals surface area contributed by atoms with E-state index in [0.29, 0.717) is 12.6 Å². The largest absolute Gasteiger partial charge is 0.369 e. The fourth-order valence-corrected chi connectivity index (χ4v) is 2.15. The Morgan fingerprint density at radius 1 is 1.25 bits per heavy atom. The van der Waals surface area contributed by atoms with Crippen LogP contribution in [0.15, 0.2) is 0 Å². The van der Waals surface area contributed by atoms with E-state index in [9.17, 15) is 9.59 Å². The zero-order chi connectivity index (χ0) is 12.1. The van der Waals surface area contributed by atoms with Gasteiger partial charge in [0, 0.05) is 12.6 Å². The van der Waals surface area contributed by atoms with Gasteiger partial charge < -0.3 is 17.2 Å². The summed E-state index contributed by atoms with van der Waals surface area (Å²) in [6.45, 7) is 0.453. The predicted octanol–water partition coefficient (Wildman–Crippen LogP) is -1.47. The van der Waals surface area contributed by atoms with Crippen LogP contribution >= 0.6 is 0 Å². The van der Waals surface area contributed by atoms with Crippen LogP contribution in [0, 0.1) is 0 Å². The molecular formula is C10H20N4O2. The van der Waals surface area contributed by atoms with Crippen LogP contribution in [0.5, 0.6) is 0 Å². The molecule has 1 aliphatic rings. The maximum Gasteiger partial charge on any atom is 0.235 e. The van der Waals surface area contributed by atoms with E-state index >= 15 is 0 Å². The van der Waals surface area contributed by atoms with Gasteiger partial charge in [0.25, 0.3) is 0 Å². The summed E-state index contributed by atoms with van der Waals surface area (Å²) >= 11 is 0. The van der Waals surface area contributed by atoms with Crippen LogP contribution in [0.1, 0.15) is 25.7 Å². The second-order valence-electron chi connectivity index (χ2n) is 4.34. The molecule has 1 saturated carbocycles. The molecule has 0 saturated heterocycles. The van der Waals surface area contributed by atoms with Crippen LogP contribution in [0.4, 0.5) is 0 Å². The highest BCUT2D eigenvalue weighted by Gasteiger charge is 2.26. The van der Waals surface area contributed by atoms with E-state index in [1.54, 1.807) is 0 Å². The van der Waals surface area contributed by atoms with Gasteiger partial charge in [-0.1, -0.05) is 12.8 Å². The summed E-state index contributed by atoms with van der Waals surface area (Å²) in [5.74, 6) is -0.948. The zero-order valence-corrected chi connectivity index (χ0v) is 9.39. The Labute approximate surface area is 95.1 Å². The lowest BCUT2D eigenvalue weighted by molar-refractivity contribution is -0.122. The van der Waals surface area contributed by atoms with Crippen molar-refractivity contribution >= 4 is 11.8 Å². The van der Waals surface area contributed by atoms with Gasteiger partial charge in [-0.3, -0.25) is 14.5 Å². The number of carbonyl (C=O) groups is 2. The number of hydrogen-bond donors (Lipinski definition) is 3. The fraction of sp³-hybridized carbons (Fsp3) is 0.800. The number of rotatable bonds is 6. The van der Waals surface area contributed by atoms with Crippen molar-refractivity contribution in [1.29, 1.82) is 0 Å². The van der Waals surface area contributed by atoms with E-state index in [1.165, 1.54) is 0 Å². The van der Waals surface area contributed by atoms with Gasteiger partial charge in [0.05, 0.1) is 12.6 Å². The number of hydrogen-bond acceptors (Lipinski definition) is 4. The first kappa shape index (κ1) is 12.9. The first-order valence-corrected chi connectivity index (χ1v) is 5.58. The fourth-order valence-electron chi connectivity index (χ4n) is 2.15. The highest BCUT2D eigenvalue weighted by atomic mass is 16.1. The molecule has 0 spiro atoms. The quantitative estimate of drug-likeness (QED) is 0.514. The van der Waals surface area contributed by atoms with E-state index < -0.39 is 17.9 Å². The molecule has 0 bridgehead atoms. The molecule has 0 radical (unpaired) electrons. The van der Waals surface area contributed by atoms with Gasteiger partial charge >= 0.3 is 0 Å². The molecule has 16 heavy (non-hydrogen) atoms. The van der Waals surface area contributed by atoms with Crippen molar-refractivity contribution in [3.63, 3.8) is 0 Å². The maximum absolute atomic E-state index is 10.9. The lowest BCUT2D eigenvalue weighted by Crippen LogP contribution is -2.50. The number of primary amides is 2. The molecule has 92 valence electrons. The molecule has 2 amide bonds. The summed E-state index contributed by atoms with van der Waals surface area (Å²) in [5, 5.41) is 0. The van der Waals surface area contributed by atoms with Crippen molar-refractivity contribution in [2.45, 2.75) is 37.8 Å². The third-order valence-corrected chi connectivity index (χ3v) is 3.00. The Morgan fingerprint density at radius 3 is 2.25 bits per heavy atom. The van der Waals surface area contributed by atoms with Crippen molar-refractivity contribution in [2.24, 2.45) is 17.2 Å². The van der Waals surface area contributed by atoms with Gasteiger partial charge in [0.15, 0.2) is 0 Å². The number of carbonyl (C=O) groups excluding carboxylic acids is 2. The van der Waals surface area contributed by atoms with Gasteiger partial charge in [-0.05, 0) is 12.8 Å². The van der Waals surface area contributed by atoms with Gasteiger partial charge in [0.2, 0.25) is 11.8 Å². The summed E-state index contributed by atoms with van der Waals surface area (Å²) < 4.78 is 0. The normalized spacial score (nSPS) is 18.9. The first-order valence-electron chi connectivity index (χ1n) is 5.58. The molecule has 0 heterocycles. The number of nitrogens with two attached hydrogens (primary N) is 3. The molecule has 6 N–H and O–H groups in total. The molecule has 1 rings (SSSR count). The SMILES string of the molecule is NC(=O)CN(CC(N)C(N)=O)C1CCCC1. The van der Waals surface area contributed by atoms with E-state index in [1.807, 2.05) is 4.90 Å². The van der Waals surface area contributed by atoms with E-state index in [-0.39, 0.29) is 6.54 Å². The van der Waals surface area contributed by atoms with Crippen LogP contribution in [0.2, 0.25) is 0 Å². The average molecular weight is 228 g/mol. The van der Waals surface area contributed by atoms with Crippen LogP contribution in [-0.4, -0.2) is 41.9 Å². The molecular weight excluding hydrogens is 208 g/mol. The smallest absolute Gasteiger partial charge is 0.235 e. The van der Waals surface area contributed by atoms with Crippen LogP contribution in [0.3, 0.4) is 0 Å². The third-order valence-electron chi connectivity index (χ3n) is 3.00. The van der Waals surface area contributed by atoms with Crippen molar-refractivity contribution in [3.8, 4) is 0 Å². The second kappa shape index (κ2) is 5.81. The average Bonchev–Trinajstić information content (AvgIpc) is 2.68. The lowest BCUT2D eigenvalue weighted by Gasteiger charge is -2.28. The molecule has 6 heteroatoms. The van der Waals surface area contributed by atoms with Crippen molar-refractivity contribution in [1.82, 2.24) is 4.90 Å². The summed E-state index contributed by atoms with van der Waals surface area (Å²) in [7, 11) is 0. The minimum atomic E-state index is -0.736. The Balaban J connectivity index is 2.55. The van der Waals surface area contributed by atoms with Crippen LogP contribution < -0.4 is 17.2 Å². The maximum atomic E-state index is 10.9. The molecule has 0 aromatic rings. The van der Waals surface area contributed by atoms with E-state index in [2.05, 4.69) is 0 Å². The molecule has 1 unspecified atom stereocenters. The van der Waals surface area contributed by atoms with Crippen molar-refractivity contribution < 1.29 is 9.59 Å². The lowest BCUT2D eigenvalue weighted by atomic mass is 10.1. The summed E-state index contributed by atoms with van der Waals surface area (Å²) in [4.78, 5) is 23.7. The molecule has 0 aliphatic heterocycles. The molecule has 1 aliphatic carbocycles. The van der Waals surface area contributed by atoms with Crippen LogP contribution in [-0.2, 0) is 9.59 Å². The van der Waals surface area contributed by atoms with E-state index in [4.69, 9.17) is 17.2 Å². The minimum Gasteiger partial charge on any atom is -0.369 e. The third kappa shape index (κ3) is 3.79.